The van der Waals surface area contributed by atoms with Crippen LogP contribution in [-0.4, -0.2) is 13.6 Å². The smallest absolute Gasteiger partial charge is 0.0363 e. The number of benzene rings is 1. The Morgan fingerprint density at radius 2 is 1.25 bits per heavy atom. The molecule has 1 heteroatoms. The Bertz CT molecular complexity index is 328. The van der Waals surface area contributed by atoms with Gasteiger partial charge < -0.3 is 4.90 Å². The van der Waals surface area contributed by atoms with Gasteiger partial charge in [0.1, 0.15) is 0 Å². The average molecular weight is 275 g/mol. The van der Waals surface area contributed by atoms with Crippen LogP contribution in [0.4, 0.5) is 5.69 Å². The van der Waals surface area contributed by atoms with Gasteiger partial charge >= 0.3 is 0 Å². The van der Waals surface area contributed by atoms with Gasteiger partial charge in [0.05, 0.1) is 0 Å². The summed E-state index contributed by atoms with van der Waals surface area (Å²) in [6, 6.07) is 8.84. The van der Waals surface area contributed by atoms with E-state index in [1.54, 1.807) is 0 Å². The molecular formula is C19H33N. The summed E-state index contributed by atoms with van der Waals surface area (Å²) in [5, 5.41) is 0. The Balaban J connectivity index is 1.99. The Hall–Kier alpha value is -0.980. The van der Waals surface area contributed by atoms with Crippen molar-refractivity contribution in [3.8, 4) is 0 Å². The van der Waals surface area contributed by atoms with Crippen molar-refractivity contribution in [2.24, 2.45) is 0 Å². The third-order valence-electron chi connectivity index (χ3n) is 4.07. The van der Waals surface area contributed by atoms with E-state index in [0.29, 0.717) is 0 Å². The Labute approximate surface area is 126 Å². The molecule has 0 fully saturated rings. The van der Waals surface area contributed by atoms with Crippen molar-refractivity contribution in [2.75, 3.05) is 18.5 Å². The standard InChI is InChI=1S/C19H33N/c1-4-5-6-7-8-9-10-11-12-17-20(3)19-15-13-18(2)14-16-19/h13-16H,4-12,17H2,1-3H3. The van der Waals surface area contributed by atoms with Crippen molar-refractivity contribution < 1.29 is 0 Å². The maximum Gasteiger partial charge on any atom is 0.0363 e. The molecule has 0 atom stereocenters. The lowest BCUT2D eigenvalue weighted by Crippen LogP contribution is -2.18. The van der Waals surface area contributed by atoms with Crippen LogP contribution in [0.5, 0.6) is 0 Å². The van der Waals surface area contributed by atoms with Crippen LogP contribution in [0.25, 0.3) is 0 Å². The van der Waals surface area contributed by atoms with Gasteiger partial charge in [-0.25, -0.2) is 0 Å². The summed E-state index contributed by atoms with van der Waals surface area (Å²) < 4.78 is 0. The maximum absolute atomic E-state index is 2.38. The number of unbranched alkanes of at least 4 members (excludes halogenated alkanes) is 8. The zero-order chi connectivity index (χ0) is 14.6. The molecule has 20 heavy (non-hydrogen) atoms. The third-order valence-corrected chi connectivity index (χ3v) is 4.07. The van der Waals surface area contributed by atoms with Crippen molar-refractivity contribution in [1.82, 2.24) is 0 Å². The van der Waals surface area contributed by atoms with E-state index < -0.39 is 0 Å². The second-order valence-electron chi connectivity index (χ2n) is 6.09. The number of anilines is 1. The SMILES string of the molecule is CCCCCCCCCCCN(C)c1ccc(C)cc1. The summed E-state index contributed by atoms with van der Waals surface area (Å²) in [6.45, 7) is 5.60. The van der Waals surface area contributed by atoms with E-state index in [2.05, 4.69) is 50.1 Å². The fourth-order valence-electron chi connectivity index (χ4n) is 2.59. The molecule has 0 saturated heterocycles. The Kier molecular flexibility index (Phi) is 9.19. The van der Waals surface area contributed by atoms with E-state index in [9.17, 15) is 0 Å². The average Bonchev–Trinajstić information content (AvgIpc) is 2.46. The molecule has 0 N–H and O–H groups in total. The lowest BCUT2D eigenvalue weighted by Gasteiger charge is -2.19. The molecule has 0 aliphatic heterocycles. The minimum Gasteiger partial charge on any atom is -0.375 e. The molecule has 0 spiro atoms. The zero-order valence-electron chi connectivity index (χ0n) is 13.8. The summed E-state index contributed by atoms with van der Waals surface area (Å²) in [4.78, 5) is 2.38. The van der Waals surface area contributed by atoms with Crippen LogP contribution in [-0.2, 0) is 0 Å². The second kappa shape index (κ2) is 10.8. The van der Waals surface area contributed by atoms with Gasteiger partial charge in [-0.15, -0.1) is 0 Å². The highest BCUT2D eigenvalue weighted by Crippen LogP contribution is 2.15. The molecule has 1 aromatic rings. The van der Waals surface area contributed by atoms with Crippen LogP contribution < -0.4 is 4.90 Å². The van der Waals surface area contributed by atoms with E-state index in [1.165, 1.54) is 75.6 Å². The Morgan fingerprint density at radius 3 is 1.80 bits per heavy atom. The van der Waals surface area contributed by atoms with Crippen LogP contribution in [0.1, 0.15) is 70.3 Å². The van der Waals surface area contributed by atoms with Crippen LogP contribution in [0.2, 0.25) is 0 Å². The minimum atomic E-state index is 1.18. The molecule has 0 radical (unpaired) electrons. The molecule has 1 nitrogen and oxygen atoms in total. The first kappa shape index (κ1) is 17.1. The van der Waals surface area contributed by atoms with E-state index >= 15 is 0 Å². The molecule has 114 valence electrons. The fourth-order valence-corrected chi connectivity index (χ4v) is 2.59. The highest BCUT2D eigenvalue weighted by molar-refractivity contribution is 5.46. The lowest BCUT2D eigenvalue weighted by molar-refractivity contribution is 0.565. The van der Waals surface area contributed by atoms with E-state index in [1.807, 2.05) is 0 Å². The number of hydrogen-bond acceptors (Lipinski definition) is 1. The van der Waals surface area contributed by atoms with Gasteiger partial charge in [0, 0.05) is 19.3 Å². The van der Waals surface area contributed by atoms with Gasteiger partial charge in [-0.2, -0.15) is 0 Å². The summed E-state index contributed by atoms with van der Waals surface area (Å²) in [6.07, 6.45) is 12.6. The van der Waals surface area contributed by atoms with Gasteiger partial charge in [0.15, 0.2) is 0 Å². The lowest BCUT2D eigenvalue weighted by atomic mass is 10.1. The molecule has 1 aromatic carbocycles. The first-order chi connectivity index (χ1) is 9.74. The van der Waals surface area contributed by atoms with Crippen molar-refractivity contribution in [1.29, 1.82) is 0 Å². The van der Waals surface area contributed by atoms with Gasteiger partial charge in [-0.3, -0.25) is 0 Å². The first-order valence-corrected chi connectivity index (χ1v) is 8.52. The van der Waals surface area contributed by atoms with Gasteiger partial charge in [-0.1, -0.05) is 76.0 Å². The number of hydrogen-bond donors (Lipinski definition) is 0. The molecule has 0 aliphatic rings. The van der Waals surface area contributed by atoms with E-state index in [0.717, 1.165) is 0 Å². The number of aryl methyl sites for hydroxylation is 1. The molecular weight excluding hydrogens is 242 g/mol. The first-order valence-electron chi connectivity index (χ1n) is 8.52. The molecule has 0 heterocycles. The van der Waals surface area contributed by atoms with Gasteiger partial charge in [-0.05, 0) is 25.5 Å². The van der Waals surface area contributed by atoms with Crippen molar-refractivity contribution in [3.63, 3.8) is 0 Å². The van der Waals surface area contributed by atoms with Crippen LogP contribution in [0, 0.1) is 6.92 Å². The highest BCUT2D eigenvalue weighted by Gasteiger charge is 2.00. The van der Waals surface area contributed by atoms with Crippen LogP contribution in [0.3, 0.4) is 0 Å². The highest BCUT2D eigenvalue weighted by atomic mass is 15.1. The van der Waals surface area contributed by atoms with Gasteiger partial charge in [0.25, 0.3) is 0 Å². The number of nitrogens with zero attached hydrogens (tertiary/aromatic N) is 1. The van der Waals surface area contributed by atoms with Gasteiger partial charge in [0.2, 0.25) is 0 Å². The molecule has 0 aliphatic carbocycles. The molecule has 0 amide bonds. The monoisotopic (exact) mass is 275 g/mol. The molecule has 0 aromatic heterocycles. The topological polar surface area (TPSA) is 3.24 Å². The molecule has 1 rings (SSSR count). The van der Waals surface area contributed by atoms with Crippen molar-refractivity contribution in [2.45, 2.75) is 71.6 Å². The Morgan fingerprint density at radius 1 is 0.750 bits per heavy atom. The van der Waals surface area contributed by atoms with Crippen molar-refractivity contribution in [3.05, 3.63) is 29.8 Å². The van der Waals surface area contributed by atoms with Crippen LogP contribution in [0.15, 0.2) is 24.3 Å². The normalized spacial score (nSPS) is 10.8. The molecule has 0 bridgehead atoms. The summed E-state index contributed by atoms with van der Waals surface area (Å²) in [5.74, 6) is 0. The summed E-state index contributed by atoms with van der Waals surface area (Å²) in [5.41, 5.74) is 2.68. The number of rotatable bonds is 11. The predicted molar refractivity (Wildman–Crippen MR) is 91.7 cm³/mol. The van der Waals surface area contributed by atoms with Crippen LogP contribution >= 0.6 is 0 Å². The quantitative estimate of drug-likeness (QED) is 0.450. The molecule has 0 saturated carbocycles. The third kappa shape index (κ3) is 7.57. The minimum absolute atomic E-state index is 1.18. The second-order valence-corrected chi connectivity index (χ2v) is 6.09. The predicted octanol–water partition coefficient (Wildman–Crippen LogP) is 5.96. The molecule has 0 unspecified atom stereocenters. The van der Waals surface area contributed by atoms with Crippen molar-refractivity contribution >= 4 is 5.69 Å². The summed E-state index contributed by atoms with van der Waals surface area (Å²) in [7, 11) is 2.20. The fraction of sp³-hybridized carbons (Fsp3) is 0.684. The zero-order valence-corrected chi connectivity index (χ0v) is 13.8. The maximum atomic E-state index is 2.38. The largest absolute Gasteiger partial charge is 0.375 e. The summed E-state index contributed by atoms with van der Waals surface area (Å²) >= 11 is 0. The van der Waals surface area contributed by atoms with E-state index in [-0.39, 0.29) is 0 Å². The van der Waals surface area contributed by atoms with E-state index in [4.69, 9.17) is 0 Å².